The molecule has 1 aliphatic heterocycles. The van der Waals surface area contributed by atoms with Crippen molar-refractivity contribution in [1.29, 1.82) is 0 Å². The minimum atomic E-state index is -0.255. The van der Waals surface area contributed by atoms with E-state index in [2.05, 4.69) is 20.9 Å². The number of carbonyl (C=O) groups excluding carboxylic acids is 2. The van der Waals surface area contributed by atoms with Gasteiger partial charge in [0.2, 0.25) is 5.91 Å². The molecule has 1 saturated heterocycles. The second-order valence-corrected chi connectivity index (χ2v) is 7.22. The number of hydrogen-bond acceptors (Lipinski definition) is 4. The number of hydrogen-bond donors (Lipinski definition) is 3. The molecule has 0 atom stereocenters. The van der Waals surface area contributed by atoms with E-state index < -0.39 is 0 Å². The predicted molar refractivity (Wildman–Crippen MR) is 116 cm³/mol. The molecule has 0 saturated carbocycles. The summed E-state index contributed by atoms with van der Waals surface area (Å²) in [6.07, 6.45) is 1.67. The van der Waals surface area contributed by atoms with Crippen LogP contribution in [0.2, 0.25) is 5.02 Å². The van der Waals surface area contributed by atoms with E-state index in [1.54, 1.807) is 24.9 Å². The highest BCUT2D eigenvalue weighted by Crippen LogP contribution is 2.22. The maximum atomic E-state index is 12.2. The summed E-state index contributed by atoms with van der Waals surface area (Å²) < 4.78 is 5.04. The van der Waals surface area contributed by atoms with Gasteiger partial charge >= 0.3 is 6.09 Å². The molecule has 9 heteroatoms. The molecule has 1 heterocycles. The summed E-state index contributed by atoms with van der Waals surface area (Å²) >= 11 is 6.08. The zero-order chi connectivity index (χ0) is 21.2. The van der Waals surface area contributed by atoms with Gasteiger partial charge in [0.15, 0.2) is 5.96 Å². The lowest BCUT2D eigenvalue weighted by atomic mass is 10.1. The third-order valence-electron chi connectivity index (χ3n) is 4.77. The number of nitrogens with zero attached hydrogens (tertiary/aromatic N) is 2. The zero-order valence-electron chi connectivity index (χ0n) is 17.3. The van der Waals surface area contributed by atoms with Crippen LogP contribution in [0.4, 0.5) is 10.5 Å². The number of anilines is 1. The highest BCUT2D eigenvalue weighted by molar-refractivity contribution is 6.31. The van der Waals surface area contributed by atoms with Gasteiger partial charge < -0.3 is 25.6 Å². The number of ether oxygens (including phenoxy) is 1. The number of halogens is 1. The van der Waals surface area contributed by atoms with Gasteiger partial charge in [-0.05, 0) is 44.4 Å². The smallest absolute Gasteiger partial charge is 0.409 e. The molecule has 1 aromatic carbocycles. The number of carbonyl (C=O) groups is 2. The van der Waals surface area contributed by atoms with E-state index in [4.69, 9.17) is 16.3 Å². The van der Waals surface area contributed by atoms with E-state index in [1.807, 2.05) is 19.1 Å². The summed E-state index contributed by atoms with van der Waals surface area (Å²) in [7, 11) is 1.69. The van der Waals surface area contributed by atoms with Crippen molar-refractivity contribution in [3.63, 3.8) is 0 Å². The van der Waals surface area contributed by atoms with Gasteiger partial charge in [-0.25, -0.2) is 4.79 Å². The summed E-state index contributed by atoms with van der Waals surface area (Å²) in [6, 6.07) is 5.65. The highest BCUT2D eigenvalue weighted by Gasteiger charge is 2.24. The Hall–Kier alpha value is -2.48. The van der Waals surface area contributed by atoms with Crippen LogP contribution >= 0.6 is 11.6 Å². The van der Waals surface area contributed by atoms with E-state index in [9.17, 15) is 9.59 Å². The normalized spacial score (nSPS) is 15.0. The molecule has 2 rings (SSSR count). The van der Waals surface area contributed by atoms with Gasteiger partial charge in [0.25, 0.3) is 0 Å². The van der Waals surface area contributed by atoms with Gasteiger partial charge in [-0.3, -0.25) is 9.79 Å². The van der Waals surface area contributed by atoms with Gasteiger partial charge in [-0.15, -0.1) is 0 Å². The maximum Gasteiger partial charge on any atom is 0.409 e. The van der Waals surface area contributed by atoms with Crippen LogP contribution in [0.1, 0.15) is 31.7 Å². The van der Waals surface area contributed by atoms with Crippen molar-refractivity contribution in [3.05, 3.63) is 28.8 Å². The molecule has 1 fully saturated rings. The molecule has 3 N–H and O–H groups in total. The monoisotopic (exact) mass is 423 g/mol. The van der Waals surface area contributed by atoms with Crippen LogP contribution in [-0.4, -0.2) is 62.2 Å². The first-order chi connectivity index (χ1) is 13.9. The average Bonchev–Trinajstić information content (AvgIpc) is 2.71. The molecular weight excluding hydrogens is 394 g/mol. The molecule has 1 aromatic rings. The Labute approximate surface area is 177 Å². The number of rotatable bonds is 6. The molecule has 0 unspecified atom stereocenters. The largest absolute Gasteiger partial charge is 0.450 e. The van der Waals surface area contributed by atoms with Crippen LogP contribution in [0.5, 0.6) is 0 Å². The fraction of sp³-hybridized carbons (Fsp3) is 0.550. The lowest BCUT2D eigenvalue weighted by Crippen LogP contribution is -2.50. The SMILES string of the molecule is CCOC(=O)N1CCC(NC(=NC)NCCC(=O)Nc2cccc(Cl)c2C)CC1. The number of amides is 2. The van der Waals surface area contributed by atoms with Crippen molar-refractivity contribution in [2.45, 2.75) is 39.2 Å². The third-order valence-corrected chi connectivity index (χ3v) is 5.18. The van der Waals surface area contributed by atoms with Crippen molar-refractivity contribution >= 4 is 35.2 Å². The summed E-state index contributed by atoms with van der Waals surface area (Å²) in [5, 5.41) is 10.0. The van der Waals surface area contributed by atoms with Crippen LogP contribution in [-0.2, 0) is 9.53 Å². The van der Waals surface area contributed by atoms with Crippen molar-refractivity contribution < 1.29 is 14.3 Å². The summed E-state index contributed by atoms with van der Waals surface area (Å²) in [4.78, 5) is 29.9. The predicted octanol–water partition coefficient (Wildman–Crippen LogP) is 2.76. The molecule has 0 bridgehead atoms. The average molecular weight is 424 g/mol. The Morgan fingerprint density at radius 3 is 2.69 bits per heavy atom. The van der Waals surface area contributed by atoms with Gasteiger partial charge in [-0.2, -0.15) is 0 Å². The summed E-state index contributed by atoms with van der Waals surface area (Å²) in [5.74, 6) is 0.549. The maximum absolute atomic E-state index is 12.2. The van der Waals surface area contributed by atoms with E-state index in [1.165, 1.54) is 0 Å². The summed E-state index contributed by atoms with van der Waals surface area (Å²) in [6.45, 7) is 5.81. The molecule has 8 nitrogen and oxygen atoms in total. The van der Waals surface area contributed by atoms with Crippen LogP contribution < -0.4 is 16.0 Å². The van der Waals surface area contributed by atoms with Crippen LogP contribution in [0.25, 0.3) is 0 Å². The number of aliphatic imine (C=N–C) groups is 1. The fourth-order valence-electron chi connectivity index (χ4n) is 3.06. The second kappa shape index (κ2) is 11.5. The Morgan fingerprint density at radius 2 is 2.03 bits per heavy atom. The first-order valence-corrected chi connectivity index (χ1v) is 10.3. The molecule has 0 radical (unpaired) electrons. The minimum Gasteiger partial charge on any atom is -0.450 e. The first kappa shape index (κ1) is 22.8. The molecule has 0 aliphatic carbocycles. The topological polar surface area (TPSA) is 95.1 Å². The molecule has 160 valence electrons. The molecule has 1 aliphatic rings. The van der Waals surface area contributed by atoms with E-state index in [0.29, 0.717) is 43.6 Å². The van der Waals surface area contributed by atoms with Crippen molar-refractivity contribution in [2.75, 3.05) is 38.6 Å². The molecular formula is C20H30ClN5O3. The standard InChI is InChI=1S/C20H30ClN5O3/c1-4-29-20(28)26-12-9-15(10-13-26)24-19(22-3)23-11-8-18(27)25-17-7-5-6-16(21)14(17)2/h5-7,15H,4,8-13H2,1-3H3,(H,25,27)(H2,22,23,24). The minimum absolute atomic E-state index is 0.0962. The van der Waals surface area contributed by atoms with Gasteiger partial charge in [-0.1, -0.05) is 17.7 Å². The molecule has 2 amide bonds. The van der Waals surface area contributed by atoms with Gasteiger partial charge in [0.05, 0.1) is 6.61 Å². The van der Waals surface area contributed by atoms with Gasteiger partial charge in [0.1, 0.15) is 0 Å². The quantitative estimate of drug-likeness (QED) is 0.483. The number of nitrogens with one attached hydrogen (secondary N) is 3. The Morgan fingerprint density at radius 1 is 1.31 bits per heavy atom. The molecule has 29 heavy (non-hydrogen) atoms. The molecule has 0 aromatic heterocycles. The van der Waals surface area contributed by atoms with Crippen LogP contribution in [0.15, 0.2) is 23.2 Å². The van der Waals surface area contributed by atoms with Crippen LogP contribution in [0.3, 0.4) is 0 Å². The van der Waals surface area contributed by atoms with Crippen molar-refractivity contribution in [1.82, 2.24) is 15.5 Å². The van der Waals surface area contributed by atoms with Crippen LogP contribution in [0, 0.1) is 6.92 Å². The van der Waals surface area contributed by atoms with Gasteiger partial charge in [0, 0.05) is 49.9 Å². The number of likely N-dealkylation sites (tertiary alicyclic amines) is 1. The lowest BCUT2D eigenvalue weighted by molar-refractivity contribution is -0.116. The fourth-order valence-corrected chi connectivity index (χ4v) is 3.23. The highest BCUT2D eigenvalue weighted by atomic mass is 35.5. The molecule has 0 spiro atoms. The van der Waals surface area contributed by atoms with E-state index in [0.717, 1.165) is 24.1 Å². The van der Waals surface area contributed by atoms with E-state index in [-0.39, 0.29) is 18.0 Å². The lowest BCUT2D eigenvalue weighted by Gasteiger charge is -2.32. The summed E-state index contributed by atoms with van der Waals surface area (Å²) in [5.41, 5.74) is 1.57. The third kappa shape index (κ3) is 7.12. The Kier molecular flexibility index (Phi) is 9.05. The van der Waals surface area contributed by atoms with E-state index >= 15 is 0 Å². The number of guanidine groups is 1. The second-order valence-electron chi connectivity index (χ2n) is 6.81. The number of piperidine rings is 1. The van der Waals surface area contributed by atoms with Crippen molar-refractivity contribution in [2.24, 2.45) is 4.99 Å². The number of benzene rings is 1. The Bertz CT molecular complexity index is 733. The zero-order valence-corrected chi connectivity index (χ0v) is 18.0. The van der Waals surface area contributed by atoms with Crippen molar-refractivity contribution in [3.8, 4) is 0 Å². The first-order valence-electron chi connectivity index (χ1n) is 9.88. The Balaban J connectivity index is 1.71.